The predicted molar refractivity (Wildman–Crippen MR) is 241 cm³/mol. The van der Waals surface area contributed by atoms with Gasteiger partial charge in [0, 0.05) is 83.4 Å². The number of halogens is 2. The number of aromatic nitrogens is 1. The Bertz CT molecular complexity index is 2350. The lowest BCUT2D eigenvalue weighted by Gasteiger charge is -2.34. The highest BCUT2D eigenvalue weighted by molar-refractivity contribution is 6.31. The number of unbranched alkanes of at least 4 members (excludes halogenated alkanes) is 2. The van der Waals surface area contributed by atoms with Gasteiger partial charge in [0.25, 0.3) is 5.91 Å². The molecule has 3 aliphatic rings. The van der Waals surface area contributed by atoms with Gasteiger partial charge in [0.05, 0.1) is 23.9 Å². The van der Waals surface area contributed by atoms with E-state index in [-0.39, 0.29) is 11.9 Å². The van der Waals surface area contributed by atoms with Crippen molar-refractivity contribution in [2.75, 3.05) is 52.4 Å². The van der Waals surface area contributed by atoms with Gasteiger partial charge in [0.1, 0.15) is 5.75 Å². The second kappa shape index (κ2) is 17.3. The summed E-state index contributed by atoms with van der Waals surface area (Å²) in [4.78, 5) is 25.0. The number of aliphatic imine (C=N–C) groups is 1. The van der Waals surface area contributed by atoms with Crippen molar-refractivity contribution in [2.45, 2.75) is 58.0 Å². The summed E-state index contributed by atoms with van der Waals surface area (Å²) in [7, 11) is 0. The number of piperazine rings is 1. The van der Waals surface area contributed by atoms with Gasteiger partial charge in [-0.3, -0.25) is 9.79 Å². The third kappa shape index (κ3) is 8.28. The second-order valence-corrected chi connectivity index (χ2v) is 17.1. The van der Waals surface area contributed by atoms with Gasteiger partial charge in [0.2, 0.25) is 0 Å². The normalized spacial score (nSPS) is 17.3. The number of fused-ring (bicyclic) bond motifs is 5. The third-order valence-corrected chi connectivity index (χ3v) is 12.9. The van der Waals surface area contributed by atoms with E-state index in [0.29, 0.717) is 12.2 Å². The monoisotopic (exact) mass is 811 g/mol. The summed E-state index contributed by atoms with van der Waals surface area (Å²) in [5, 5.41) is 4.04. The Morgan fingerprint density at radius 3 is 1.86 bits per heavy atom. The zero-order chi connectivity index (χ0) is 39.6. The molecule has 0 bridgehead atoms. The van der Waals surface area contributed by atoms with Crippen LogP contribution in [0.2, 0.25) is 10.0 Å². The first kappa shape index (κ1) is 38.8. The van der Waals surface area contributed by atoms with Crippen molar-refractivity contribution >= 4 is 62.8 Å². The van der Waals surface area contributed by atoms with Crippen molar-refractivity contribution < 1.29 is 9.53 Å². The van der Waals surface area contributed by atoms with Crippen LogP contribution in [-0.2, 0) is 6.54 Å². The van der Waals surface area contributed by atoms with Crippen molar-refractivity contribution in [1.82, 2.24) is 19.3 Å². The topological polar surface area (TPSA) is 53.3 Å². The SMILES string of the molecule is Cc1cc2c(cc1OCCCCCN1CCN(CCCn3c4ccc(-c5ccc(Cl)cc5)cc4c4cc(-c5ccc(Cl)cc5)ccc43)CC1)N=C[C@@H]1CCCN1C2=O. The highest BCUT2D eigenvalue weighted by Crippen LogP contribution is 2.37. The lowest BCUT2D eigenvalue weighted by molar-refractivity contribution is 0.0774. The van der Waals surface area contributed by atoms with Crippen LogP contribution in [0.4, 0.5) is 5.69 Å². The minimum atomic E-state index is 0.0973. The summed E-state index contributed by atoms with van der Waals surface area (Å²) in [6, 6.07) is 34.0. The number of amides is 1. The number of hydrogen-bond acceptors (Lipinski definition) is 5. The van der Waals surface area contributed by atoms with E-state index in [9.17, 15) is 4.79 Å². The van der Waals surface area contributed by atoms with E-state index < -0.39 is 0 Å². The fourth-order valence-electron chi connectivity index (χ4n) is 9.11. The van der Waals surface area contributed by atoms with Crippen LogP contribution < -0.4 is 4.74 Å². The maximum atomic E-state index is 13.1. The molecule has 298 valence electrons. The molecule has 0 aliphatic carbocycles. The number of nitrogens with zero attached hydrogens (tertiary/aromatic N) is 5. The molecule has 0 radical (unpaired) electrons. The largest absolute Gasteiger partial charge is 0.493 e. The molecule has 58 heavy (non-hydrogen) atoms. The highest BCUT2D eigenvalue weighted by Gasteiger charge is 2.32. The first-order chi connectivity index (χ1) is 28.4. The summed E-state index contributed by atoms with van der Waals surface area (Å²) in [6.07, 6.45) is 8.41. The number of rotatable bonds is 13. The molecule has 6 aromatic rings. The van der Waals surface area contributed by atoms with Crippen LogP contribution in [0.5, 0.6) is 5.75 Å². The molecular weight excluding hydrogens is 761 g/mol. The molecule has 9 rings (SSSR count). The average Bonchev–Trinajstić information content (AvgIpc) is 3.81. The van der Waals surface area contributed by atoms with Crippen LogP contribution in [0.1, 0.15) is 54.4 Å². The van der Waals surface area contributed by atoms with E-state index in [1.807, 2.05) is 54.4 Å². The smallest absolute Gasteiger partial charge is 0.256 e. The number of carbonyl (C=O) groups excluding carboxylic acids is 1. The van der Waals surface area contributed by atoms with E-state index in [4.69, 9.17) is 27.9 Å². The minimum Gasteiger partial charge on any atom is -0.493 e. The van der Waals surface area contributed by atoms with Crippen molar-refractivity contribution in [3.63, 3.8) is 0 Å². The fourth-order valence-corrected chi connectivity index (χ4v) is 9.36. The molecule has 0 saturated carbocycles. The summed E-state index contributed by atoms with van der Waals surface area (Å²) in [6.45, 7) is 11.2. The predicted octanol–water partition coefficient (Wildman–Crippen LogP) is 11.3. The van der Waals surface area contributed by atoms with Gasteiger partial charge in [0.15, 0.2) is 0 Å². The average molecular weight is 813 g/mol. The summed E-state index contributed by atoms with van der Waals surface area (Å²) >= 11 is 12.5. The molecule has 1 amide bonds. The molecule has 4 heterocycles. The van der Waals surface area contributed by atoms with Crippen LogP contribution in [0.3, 0.4) is 0 Å². The van der Waals surface area contributed by atoms with Gasteiger partial charge < -0.3 is 24.0 Å². The Balaban J connectivity index is 0.763. The third-order valence-electron chi connectivity index (χ3n) is 12.4. The van der Waals surface area contributed by atoms with Crippen molar-refractivity contribution in [3.8, 4) is 28.0 Å². The molecule has 1 aromatic heterocycles. The number of ether oxygens (including phenoxy) is 1. The molecule has 9 heteroatoms. The van der Waals surface area contributed by atoms with Crippen molar-refractivity contribution in [3.05, 3.63) is 118 Å². The number of carbonyl (C=O) groups is 1. The van der Waals surface area contributed by atoms with Gasteiger partial charge in [-0.05, 0) is 141 Å². The fraction of sp³-hybridized carbons (Fsp3) is 0.347. The first-order valence-corrected chi connectivity index (χ1v) is 21.8. The Labute approximate surface area is 351 Å². The van der Waals surface area contributed by atoms with Gasteiger partial charge in [-0.2, -0.15) is 0 Å². The standard InChI is InChI=1S/C49H51Cl2N5O2/c1-34-29-44-45(52-33-41-7-5-22-55(41)49(44)57)32-48(34)58-28-4-2-3-20-53-24-26-54(27-25-53)21-6-23-56-46-18-12-37(35-8-14-39(50)15-9-35)30-42(46)43-31-38(13-19-47(43)56)36-10-16-40(51)17-11-36/h8-19,29-33,41H,2-7,20-28H2,1H3/t41-/m0/s1. The Morgan fingerprint density at radius 2 is 1.24 bits per heavy atom. The van der Waals surface area contributed by atoms with Gasteiger partial charge >= 0.3 is 0 Å². The summed E-state index contributed by atoms with van der Waals surface area (Å²) in [5.74, 6) is 0.937. The molecule has 7 nitrogen and oxygen atoms in total. The maximum absolute atomic E-state index is 13.1. The minimum absolute atomic E-state index is 0.0973. The molecule has 1 atom stereocenters. The van der Waals surface area contributed by atoms with Gasteiger partial charge in [-0.25, -0.2) is 0 Å². The molecule has 2 fully saturated rings. The quantitative estimate of drug-likeness (QED) is 0.109. The number of hydrogen-bond donors (Lipinski definition) is 0. The second-order valence-electron chi connectivity index (χ2n) is 16.2. The van der Waals surface area contributed by atoms with E-state index in [0.717, 1.165) is 123 Å². The van der Waals surface area contributed by atoms with E-state index >= 15 is 0 Å². The first-order valence-electron chi connectivity index (χ1n) is 21.0. The Hall–Kier alpha value is -4.66. The van der Waals surface area contributed by atoms with Crippen molar-refractivity contribution in [2.24, 2.45) is 4.99 Å². The van der Waals surface area contributed by atoms with Crippen LogP contribution in [0.25, 0.3) is 44.1 Å². The van der Waals surface area contributed by atoms with Gasteiger partial charge in [-0.1, -0.05) is 59.6 Å². The molecule has 0 N–H and O–H groups in total. The molecule has 5 aromatic carbocycles. The number of aryl methyl sites for hydroxylation is 2. The molecule has 0 spiro atoms. The van der Waals surface area contributed by atoms with Crippen LogP contribution in [0.15, 0.2) is 102 Å². The highest BCUT2D eigenvalue weighted by atomic mass is 35.5. The Kier molecular flexibility index (Phi) is 11.6. The van der Waals surface area contributed by atoms with Gasteiger partial charge in [-0.15, -0.1) is 0 Å². The molecule has 0 unspecified atom stereocenters. The van der Waals surface area contributed by atoms with Crippen LogP contribution in [-0.4, -0.2) is 89.9 Å². The van der Waals surface area contributed by atoms with Crippen molar-refractivity contribution in [1.29, 1.82) is 0 Å². The molecule has 2 saturated heterocycles. The van der Waals surface area contributed by atoms with E-state index in [1.165, 1.54) is 39.4 Å². The lowest BCUT2D eigenvalue weighted by Crippen LogP contribution is -2.46. The summed E-state index contributed by atoms with van der Waals surface area (Å²) < 4.78 is 8.74. The Morgan fingerprint density at radius 1 is 0.655 bits per heavy atom. The van der Waals surface area contributed by atoms with Crippen LogP contribution in [0, 0.1) is 6.92 Å². The molecule has 3 aliphatic heterocycles. The zero-order valence-corrected chi connectivity index (χ0v) is 34.8. The van der Waals surface area contributed by atoms with Crippen LogP contribution >= 0.6 is 23.2 Å². The van der Waals surface area contributed by atoms with E-state index in [2.05, 4.69) is 80.0 Å². The maximum Gasteiger partial charge on any atom is 0.256 e. The lowest BCUT2D eigenvalue weighted by atomic mass is 10.0. The molecular formula is C49H51Cl2N5O2. The summed E-state index contributed by atoms with van der Waals surface area (Å²) in [5.41, 5.74) is 9.69. The number of benzene rings is 5. The van der Waals surface area contributed by atoms with E-state index in [1.54, 1.807) is 0 Å². The zero-order valence-electron chi connectivity index (χ0n) is 33.3.